The highest BCUT2D eigenvalue weighted by Crippen LogP contribution is 2.34. The van der Waals surface area contributed by atoms with Gasteiger partial charge >= 0.3 is 5.97 Å². The maximum atomic E-state index is 12.9. The summed E-state index contributed by atoms with van der Waals surface area (Å²) in [7, 11) is 1.49. The fourth-order valence-corrected chi connectivity index (χ4v) is 2.80. The van der Waals surface area contributed by atoms with E-state index in [9.17, 15) is 14.4 Å². The van der Waals surface area contributed by atoms with Crippen LogP contribution in [0, 0.1) is 5.92 Å². The first-order chi connectivity index (χ1) is 12.5. The van der Waals surface area contributed by atoms with E-state index in [2.05, 4.69) is 5.10 Å². The van der Waals surface area contributed by atoms with Gasteiger partial charge in [0.2, 0.25) is 11.7 Å². The first-order valence-corrected chi connectivity index (χ1v) is 8.51. The third kappa shape index (κ3) is 3.40. The number of hydrogen-bond donors (Lipinski definition) is 1. The first kappa shape index (κ1) is 17.9. The summed E-state index contributed by atoms with van der Waals surface area (Å²) in [4.78, 5) is 37.5. The van der Waals surface area contributed by atoms with Crippen LogP contribution in [0.15, 0.2) is 23.3 Å². The van der Waals surface area contributed by atoms with Crippen molar-refractivity contribution >= 4 is 29.1 Å². The number of methoxy groups -OCH3 is 1. The molecule has 1 aliphatic carbocycles. The first-order valence-electron chi connectivity index (χ1n) is 8.51. The van der Waals surface area contributed by atoms with Gasteiger partial charge in [-0.25, -0.2) is 9.80 Å². The SMILES string of the molecule is CCOC(=O)C1CC(C(=O)c2cc(OC)ccc2N)=NN1C(=O)C1CC1. The smallest absolute Gasteiger partial charge is 0.331 e. The maximum absolute atomic E-state index is 12.9. The largest absolute Gasteiger partial charge is 0.497 e. The molecule has 1 aromatic carbocycles. The molecule has 1 aliphatic heterocycles. The molecule has 1 unspecified atom stereocenters. The molecule has 0 aromatic heterocycles. The van der Waals surface area contributed by atoms with E-state index in [0.29, 0.717) is 5.75 Å². The molecule has 1 fully saturated rings. The van der Waals surface area contributed by atoms with Crippen molar-refractivity contribution in [1.82, 2.24) is 5.01 Å². The van der Waals surface area contributed by atoms with Crippen LogP contribution in [0.25, 0.3) is 0 Å². The van der Waals surface area contributed by atoms with E-state index in [1.807, 2.05) is 0 Å². The highest BCUT2D eigenvalue weighted by atomic mass is 16.5. The summed E-state index contributed by atoms with van der Waals surface area (Å²) < 4.78 is 10.2. The molecule has 1 heterocycles. The summed E-state index contributed by atoms with van der Waals surface area (Å²) in [6.45, 7) is 1.87. The molecule has 0 spiro atoms. The van der Waals surface area contributed by atoms with Crippen molar-refractivity contribution in [2.24, 2.45) is 11.0 Å². The Morgan fingerprint density at radius 2 is 2.04 bits per heavy atom. The monoisotopic (exact) mass is 359 g/mol. The van der Waals surface area contributed by atoms with Crippen molar-refractivity contribution in [1.29, 1.82) is 0 Å². The van der Waals surface area contributed by atoms with E-state index < -0.39 is 17.8 Å². The van der Waals surface area contributed by atoms with Crippen LogP contribution in [-0.4, -0.2) is 48.1 Å². The Hall–Kier alpha value is -2.90. The summed E-state index contributed by atoms with van der Waals surface area (Å²) >= 11 is 0. The molecule has 0 saturated heterocycles. The van der Waals surface area contributed by atoms with Gasteiger partial charge in [-0.05, 0) is 38.0 Å². The molecule has 2 N–H and O–H groups in total. The molecule has 1 atom stereocenters. The molecule has 8 heteroatoms. The van der Waals surface area contributed by atoms with Crippen LogP contribution in [0.5, 0.6) is 5.75 Å². The van der Waals surface area contributed by atoms with Crippen LogP contribution in [0.2, 0.25) is 0 Å². The predicted molar refractivity (Wildman–Crippen MR) is 93.8 cm³/mol. The van der Waals surface area contributed by atoms with Crippen molar-refractivity contribution in [2.75, 3.05) is 19.5 Å². The van der Waals surface area contributed by atoms with Crippen molar-refractivity contribution in [3.63, 3.8) is 0 Å². The van der Waals surface area contributed by atoms with Crippen molar-refractivity contribution < 1.29 is 23.9 Å². The van der Waals surface area contributed by atoms with Crippen LogP contribution in [0.1, 0.15) is 36.5 Å². The van der Waals surface area contributed by atoms with Crippen LogP contribution in [-0.2, 0) is 14.3 Å². The Labute approximate surface area is 150 Å². The van der Waals surface area contributed by atoms with E-state index in [-0.39, 0.29) is 41.8 Å². The van der Waals surface area contributed by atoms with Crippen LogP contribution in [0.3, 0.4) is 0 Å². The Morgan fingerprint density at radius 3 is 2.65 bits per heavy atom. The zero-order valence-corrected chi connectivity index (χ0v) is 14.7. The van der Waals surface area contributed by atoms with Gasteiger partial charge in [-0.1, -0.05) is 0 Å². The zero-order chi connectivity index (χ0) is 18.8. The Balaban J connectivity index is 1.89. The molecular weight excluding hydrogens is 338 g/mol. The molecule has 1 aromatic rings. The maximum Gasteiger partial charge on any atom is 0.331 e. The van der Waals surface area contributed by atoms with Gasteiger partial charge in [-0.15, -0.1) is 0 Å². The van der Waals surface area contributed by atoms with E-state index >= 15 is 0 Å². The summed E-state index contributed by atoms with van der Waals surface area (Å²) in [6.07, 6.45) is 1.55. The molecule has 0 bridgehead atoms. The lowest BCUT2D eigenvalue weighted by Gasteiger charge is -2.19. The number of carbonyl (C=O) groups is 3. The number of benzene rings is 1. The second-order valence-electron chi connectivity index (χ2n) is 6.26. The van der Waals surface area contributed by atoms with Crippen LogP contribution in [0.4, 0.5) is 5.69 Å². The predicted octanol–water partition coefficient (Wildman–Crippen LogP) is 1.39. The average molecular weight is 359 g/mol. The van der Waals surface area contributed by atoms with Gasteiger partial charge in [-0.3, -0.25) is 9.59 Å². The van der Waals surface area contributed by atoms with E-state index in [0.717, 1.165) is 17.9 Å². The fourth-order valence-electron chi connectivity index (χ4n) is 2.80. The lowest BCUT2D eigenvalue weighted by molar-refractivity contribution is -0.154. The molecule has 26 heavy (non-hydrogen) atoms. The molecule has 1 saturated carbocycles. The highest BCUT2D eigenvalue weighted by molar-refractivity contribution is 6.47. The number of rotatable bonds is 6. The lowest BCUT2D eigenvalue weighted by Crippen LogP contribution is -2.40. The summed E-state index contributed by atoms with van der Waals surface area (Å²) in [6, 6.07) is 3.82. The molecule has 2 aliphatic rings. The molecule has 138 valence electrons. The van der Waals surface area contributed by atoms with Crippen LogP contribution < -0.4 is 10.5 Å². The molecule has 1 amide bonds. The van der Waals surface area contributed by atoms with Gasteiger partial charge in [0.05, 0.1) is 19.3 Å². The van der Waals surface area contributed by atoms with E-state index in [4.69, 9.17) is 15.2 Å². The quantitative estimate of drug-likeness (QED) is 0.467. The minimum absolute atomic E-state index is 0.00672. The highest BCUT2D eigenvalue weighted by Gasteiger charge is 2.44. The summed E-state index contributed by atoms with van der Waals surface area (Å²) in [5.41, 5.74) is 6.52. The number of Topliss-reactive ketones (excluding diaryl/α,β-unsaturated/α-hetero) is 1. The minimum atomic E-state index is -0.908. The standard InChI is InChI=1S/C18H21N3O5/c1-3-26-18(24)15-9-14(20-21(15)17(23)10-4-5-10)16(22)12-8-11(25-2)6-7-13(12)19/h6-8,10,15H,3-5,9,19H2,1-2H3. The number of carbonyl (C=O) groups excluding carboxylic acids is 3. The van der Waals surface area contributed by atoms with Crippen molar-refractivity contribution in [2.45, 2.75) is 32.2 Å². The Bertz CT molecular complexity index is 785. The number of ketones is 1. The van der Waals surface area contributed by atoms with Crippen molar-refractivity contribution in [3.05, 3.63) is 23.8 Å². The Morgan fingerprint density at radius 1 is 1.31 bits per heavy atom. The molecular formula is C18H21N3O5. The Kier molecular flexibility index (Phi) is 4.92. The number of anilines is 1. The third-order valence-electron chi connectivity index (χ3n) is 4.39. The fraction of sp³-hybridized carbons (Fsp3) is 0.444. The molecule has 8 nitrogen and oxygen atoms in total. The van der Waals surface area contributed by atoms with Gasteiger partial charge in [0.15, 0.2) is 6.04 Å². The summed E-state index contributed by atoms with van der Waals surface area (Å²) in [5.74, 6) is -0.890. The van der Waals surface area contributed by atoms with Gasteiger partial charge < -0.3 is 15.2 Å². The molecule has 3 rings (SSSR count). The number of nitrogen functional groups attached to an aromatic ring is 1. The van der Waals surface area contributed by atoms with Crippen molar-refractivity contribution in [3.8, 4) is 5.75 Å². The van der Waals surface area contributed by atoms with Gasteiger partial charge in [0.1, 0.15) is 11.5 Å². The molecule has 0 radical (unpaired) electrons. The summed E-state index contributed by atoms with van der Waals surface area (Å²) in [5, 5.41) is 5.27. The third-order valence-corrected chi connectivity index (χ3v) is 4.39. The minimum Gasteiger partial charge on any atom is -0.497 e. The van der Waals surface area contributed by atoms with E-state index in [1.165, 1.54) is 13.2 Å². The number of esters is 1. The topological polar surface area (TPSA) is 111 Å². The normalized spacial score (nSPS) is 19.1. The number of hydrogen-bond acceptors (Lipinski definition) is 7. The second kappa shape index (κ2) is 7.15. The number of nitrogens with two attached hydrogens (primary N) is 1. The zero-order valence-electron chi connectivity index (χ0n) is 14.7. The van der Waals surface area contributed by atoms with E-state index in [1.54, 1.807) is 19.1 Å². The van der Waals surface area contributed by atoms with Gasteiger partial charge in [-0.2, -0.15) is 5.10 Å². The number of nitrogens with zero attached hydrogens (tertiary/aromatic N) is 2. The number of amides is 1. The van der Waals surface area contributed by atoms with Gasteiger partial charge in [0, 0.05) is 18.0 Å². The second-order valence-corrected chi connectivity index (χ2v) is 6.26. The van der Waals surface area contributed by atoms with Gasteiger partial charge in [0.25, 0.3) is 0 Å². The number of hydrazone groups is 1. The lowest BCUT2D eigenvalue weighted by atomic mass is 10.0. The van der Waals surface area contributed by atoms with Crippen LogP contribution >= 0.6 is 0 Å². The number of ether oxygens (including phenoxy) is 2. The average Bonchev–Trinajstić information content (AvgIpc) is 3.39.